The van der Waals surface area contributed by atoms with Gasteiger partial charge in [0.1, 0.15) is 11.6 Å². The number of hydrogen-bond donors (Lipinski definition) is 2. The van der Waals surface area contributed by atoms with Crippen molar-refractivity contribution in [2.45, 2.75) is 38.4 Å². The first-order valence-corrected chi connectivity index (χ1v) is 13.2. The molecule has 3 amide bonds. The summed E-state index contributed by atoms with van der Waals surface area (Å²) in [6, 6.07) is 8.64. The van der Waals surface area contributed by atoms with Crippen molar-refractivity contribution in [2.75, 3.05) is 61.1 Å². The van der Waals surface area contributed by atoms with Crippen molar-refractivity contribution in [3.63, 3.8) is 0 Å². The van der Waals surface area contributed by atoms with Crippen LogP contribution in [0.2, 0.25) is 0 Å². The summed E-state index contributed by atoms with van der Waals surface area (Å²) in [4.78, 5) is 35.5. The molecule has 0 radical (unpaired) electrons. The van der Waals surface area contributed by atoms with Crippen molar-refractivity contribution >= 4 is 29.3 Å². The number of aryl methyl sites for hydroxylation is 1. The highest BCUT2D eigenvalue weighted by atomic mass is 19.4. The number of amides is 3. The largest absolute Gasteiger partial charge is 0.389 e. The molecule has 2 atom stereocenters. The average Bonchev–Trinajstić information content (AvgIpc) is 3.49. The summed E-state index contributed by atoms with van der Waals surface area (Å²) in [7, 11) is 0. The van der Waals surface area contributed by atoms with Gasteiger partial charge in [-0.3, -0.25) is 9.69 Å². The van der Waals surface area contributed by atoms with Crippen molar-refractivity contribution in [2.24, 2.45) is 11.7 Å². The molecule has 3 aliphatic rings. The van der Waals surface area contributed by atoms with E-state index in [-0.39, 0.29) is 31.5 Å². The van der Waals surface area contributed by atoms with Gasteiger partial charge in [0.15, 0.2) is 0 Å². The number of ether oxygens (including phenoxy) is 1. The third-order valence-corrected chi connectivity index (χ3v) is 7.46. The fourth-order valence-electron chi connectivity index (χ4n) is 5.43. The van der Waals surface area contributed by atoms with Gasteiger partial charge in [-0.2, -0.15) is 13.2 Å². The van der Waals surface area contributed by atoms with E-state index in [1.807, 2.05) is 31.2 Å². The fraction of sp³-hybridized carbons (Fsp3) is 0.519. The SMILES string of the molecule is Cc1ccc(NC(=O)N2CC[C@@H](CC(F)(F)F)C2)cc1-c1cc(N2CCOCC2)nc(N2C[C@H](N)CC2=O)c1. The van der Waals surface area contributed by atoms with Gasteiger partial charge in [-0.1, -0.05) is 6.07 Å². The van der Waals surface area contributed by atoms with Crippen molar-refractivity contribution < 1.29 is 27.5 Å². The Morgan fingerprint density at radius 2 is 1.87 bits per heavy atom. The van der Waals surface area contributed by atoms with Gasteiger partial charge in [0.25, 0.3) is 0 Å². The summed E-state index contributed by atoms with van der Waals surface area (Å²) >= 11 is 0. The van der Waals surface area contributed by atoms with Crippen LogP contribution in [-0.4, -0.2) is 80.0 Å². The second kappa shape index (κ2) is 11.0. The standard InChI is InChI=1S/C27H33F3N6O3/c1-17-2-3-21(32-26(38)35-5-4-18(15-35)14-27(28,29)30)13-22(17)19-10-23(34-6-8-39-9-7-34)33-24(11-19)36-16-20(31)12-25(36)37/h2-3,10-11,13,18,20H,4-9,12,14-16,31H2,1H3,(H,32,38)/t18-,20+/m0/s1. The smallest absolute Gasteiger partial charge is 0.378 e. The predicted octanol–water partition coefficient (Wildman–Crippen LogP) is 3.76. The number of hydrogen-bond acceptors (Lipinski definition) is 6. The lowest BCUT2D eigenvalue weighted by Gasteiger charge is -2.29. The van der Waals surface area contributed by atoms with E-state index in [0.29, 0.717) is 50.8 Å². The van der Waals surface area contributed by atoms with Gasteiger partial charge in [0, 0.05) is 57.3 Å². The Morgan fingerprint density at radius 1 is 1.13 bits per heavy atom. The first-order valence-electron chi connectivity index (χ1n) is 13.2. The van der Waals surface area contributed by atoms with Crippen LogP contribution in [0.5, 0.6) is 0 Å². The molecule has 4 heterocycles. The monoisotopic (exact) mass is 546 g/mol. The molecule has 0 saturated carbocycles. The van der Waals surface area contributed by atoms with Crippen LogP contribution in [0.4, 0.5) is 35.3 Å². The number of aromatic nitrogens is 1. The van der Waals surface area contributed by atoms with Gasteiger partial charge in [-0.05, 0) is 60.2 Å². The lowest BCUT2D eigenvalue weighted by atomic mass is 10.00. The molecule has 0 spiro atoms. The van der Waals surface area contributed by atoms with Crippen LogP contribution in [-0.2, 0) is 9.53 Å². The molecule has 0 bridgehead atoms. The summed E-state index contributed by atoms with van der Waals surface area (Å²) in [5.74, 6) is 0.584. The van der Waals surface area contributed by atoms with Crippen LogP contribution >= 0.6 is 0 Å². The molecule has 39 heavy (non-hydrogen) atoms. The minimum atomic E-state index is -4.24. The number of urea groups is 1. The third-order valence-electron chi connectivity index (χ3n) is 7.46. The molecule has 3 aliphatic heterocycles. The summed E-state index contributed by atoms with van der Waals surface area (Å²) in [6.07, 6.45) is -4.53. The molecule has 9 nitrogen and oxygen atoms in total. The van der Waals surface area contributed by atoms with Crippen LogP contribution in [0, 0.1) is 12.8 Å². The van der Waals surface area contributed by atoms with Crippen molar-refractivity contribution in [1.29, 1.82) is 0 Å². The minimum Gasteiger partial charge on any atom is -0.378 e. The van der Waals surface area contributed by atoms with E-state index >= 15 is 0 Å². The molecule has 0 unspecified atom stereocenters. The molecule has 12 heteroatoms. The zero-order valence-electron chi connectivity index (χ0n) is 21.8. The normalized spacial score (nSPS) is 22.1. The maximum Gasteiger partial charge on any atom is 0.389 e. The van der Waals surface area contributed by atoms with Crippen LogP contribution in [0.25, 0.3) is 11.1 Å². The van der Waals surface area contributed by atoms with E-state index in [1.165, 1.54) is 4.90 Å². The molecule has 2 aromatic rings. The summed E-state index contributed by atoms with van der Waals surface area (Å²) < 4.78 is 43.8. The topological polar surface area (TPSA) is 104 Å². The molecule has 1 aromatic heterocycles. The molecular weight excluding hydrogens is 513 g/mol. The van der Waals surface area contributed by atoms with Crippen LogP contribution in [0.15, 0.2) is 30.3 Å². The van der Waals surface area contributed by atoms with E-state index in [1.54, 1.807) is 11.0 Å². The van der Waals surface area contributed by atoms with Gasteiger partial charge in [-0.25, -0.2) is 9.78 Å². The van der Waals surface area contributed by atoms with Crippen LogP contribution in [0.3, 0.4) is 0 Å². The number of benzene rings is 1. The number of likely N-dealkylation sites (tertiary alicyclic amines) is 1. The molecule has 5 rings (SSSR count). The van der Waals surface area contributed by atoms with E-state index in [2.05, 4.69) is 10.2 Å². The van der Waals surface area contributed by atoms with E-state index in [9.17, 15) is 22.8 Å². The Morgan fingerprint density at radius 3 is 2.56 bits per heavy atom. The van der Waals surface area contributed by atoms with E-state index < -0.39 is 24.5 Å². The molecule has 0 aliphatic carbocycles. The summed E-state index contributed by atoms with van der Waals surface area (Å²) in [5, 5.41) is 2.85. The van der Waals surface area contributed by atoms with Gasteiger partial charge < -0.3 is 25.6 Å². The number of morpholine rings is 1. The molecule has 210 valence electrons. The summed E-state index contributed by atoms with van der Waals surface area (Å²) in [6.45, 7) is 5.20. The van der Waals surface area contributed by atoms with Crippen LogP contribution < -0.4 is 20.9 Å². The highest BCUT2D eigenvalue weighted by Gasteiger charge is 2.36. The Labute approximate surface area is 225 Å². The highest BCUT2D eigenvalue weighted by Crippen LogP contribution is 2.34. The number of carbonyl (C=O) groups excluding carboxylic acids is 2. The number of nitrogens with one attached hydrogen (secondary N) is 1. The predicted molar refractivity (Wildman–Crippen MR) is 142 cm³/mol. The number of pyridine rings is 1. The van der Waals surface area contributed by atoms with Gasteiger partial charge in [0.2, 0.25) is 5.91 Å². The first-order chi connectivity index (χ1) is 18.6. The van der Waals surface area contributed by atoms with E-state index in [4.69, 9.17) is 15.5 Å². The fourth-order valence-corrected chi connectivity index (χ4v) is 5.43. The highest BCUT2D eigenvalue weighted by molar-refractivity contribution is 5.96. The Kier molecular flexibility index (Phi) is 7.68. The van der Waals surface area contributed by atoms with Crippen LogP contribution in [0.1, 0.15) is 24.8 Å². The Balaban J connectivity index is 1.40. The lowest BCUT2D eigenvalue weighted by molar-refractivity contribution is -0.143. The number of nitrogens with two attached hydrogens (primary N) is 1. The Hall–Kier alpha value is -3.38. The second-order valence-electron chi connectivity index (χ2n) is 10.5. The van der Waals surface area contributed by atoms with Gasteiger partial charge >= 0.3 is 12.2 Å². The third kappa shape index (κ3) is 6.44. The average molecular weight is 547 g/mol. The minimum absolute atomic E-state index is 0.0761. The molecule has 3 saturated heterocycles. The van der Waals surface area contributed by atoms with E-state index in [0.717, 1.165) is 22.5 Å². The molecule has 3 N–H and O–H groups in total. The molecule has 1 aromatic carbocycles. The number of carbonyl (C=O) groups is 2. The van der Waals surface area contributed by atoms with Crippen molar-refractivity contribution in [1.82, 2.24) is 9.88 Å². The number of rotatable bonds is 5. The second-order valence-corrected chi connectivity index (χ2v) is 10.5. The number of halogens is 3. The van der Waals surface area contributed by atoms with Gasteiger partial charge in [-0.15, -0.1) is 0 Å². The van der Waals surface area contributed by atoms with Gasteiger partial charge in [0.05, 0.1) is 13.2 Å². The maximum absolute atomic E-state index is 12.9. The Bertz CT molecular complexity index is 1230. The first kappa shape index (κ1) is 27.2. The van der Waals surface area contributed by atoms with Crippen molar-refractivity contribution in [3.05, 3.63) is 35.9 Å². The quantitative estimate of drug-likeness (QED) is 0.592. The zero-order chi connectivity index (χ0) is 27.7. The maximum atomic E-state index is 12.9. The number of anilines is 3. The molecule has 3 fully saturated rings. The molecular formula is C27H33F3N6O3. The number of nitrogens with zero attached hydrogens (tertiary/aromatic N) is 4. The number of alkyl halides is 3. The lowest BCUT2D eigenvalue weighted by Crippen LogP contribution is -2.37. The van der Waals surface area contributed by atoms with Crippen molar-refractivity contribution in [3.8, 4) is 11.1 Å². The zero-order valence-corrected chi connectivity index (χ0v) is 21.8. The summed E-state index contributed by atoms with van der Waals surface area (Å²) in [5.41, 5.74) is 9.21.